The molecule has 3 rings (SSSR count). The Bertz CT molecular complexity index is 621. The minimum Gasteiger partial charge on any atom is -0.342 e. The van der Waals surface area contributed by atoms with Crippen LogP contribution in [0.5, 0.6) is 0 Å². The SMILES string of the molecule is Cc1nc(C)c(CC(=O)N2CCC[C@@H](c3nccs3)C2)s1. The van der Waals surface area contributed by atoms with Crippen LogP contribution < -0.4 is 0 Å². The lowest BCUT2D eigenvalue weighted by atomic mass is 9.98. The highest BCUT2D eigenvalue weighted by Gasteiger charge is 2.26. The fraction of sp³-hybridized carbons (Fsp3) is 0.533. The topological polar surface area (TPSA) is 46.1 Å². The smallest absolute Gasteiger partial charge is 0.227 e. The number of hydrogen-bond donors (Lipinski definition) is 0. The van der Waals surface area contributed by atoms with Gasteiger partial charge in [0, 0.05) is 35.5 Å². The number of nitrogens with zero attached hydrogens (tertiary/aromatic N) is 3. The third-order valence-electron chi connectivity index (χ3n) is 3.89. The first-order valence-corrected chi connectivity index (χ1v) is 8.93. The van der Waals surface area contributed by atoms with E-state index in [-0.39, 0.29) is 5.91 Å². The molecule has 2 aromatic heterocycles. The minimum atomic E-state index is 0.225. The number of aromatic nitrogens is 2. The van der Waals surface area contributed by atoms with Crippen LogP contribution in [-0.4, -0.2) is 33.9 Å². The second-order valence-corrected chi connectivity index (χ2v) is 7.68. The van der Waals surface area contributed by atoms with Gasteiger partial charge in [-0.2, -0.15) is 0 Å². The molecule has 1 amide bonds. The largest absolute Gasteiger partial charge is 0.342 e. The molecule has 2 aromatic rings. The van der Waals surface area contributed by atoms with Crippen molar-refractivity contribution in [1.82, 2.24) is 14.9 Å². The quantitative estimate of drug-likeness (QED) is 0.872. The van der Waals surface area contributed by atoms with E-state index in [4.69, 9.17) is 0 Å². The van der Waals surface area contributed by atoms with Crippen molar-refractivity contribution in [2.24, 2.45) is 0 Å². The molecule has 1 aliphatic rings. The maximum atomic E-state index is 12.5. The third-order valence-corrected chi connectivity index (χ3v) is 5.90. The molecule has 0 radical (unpaired) electrons. The first kappa shape index (κ1) is 14.7. The van der Waals surface area contributed by atoms with Gasteiger partial charge in [-0.25, -0.2) is 9.97 Å². The summed E-state index contributed by atoms with van der Waals surface area (Å²) in [5.74, 6) is 0.634. The van der Waals surface area contributed by atoms with Gasteiger partial charge in [0.1, 0.15) is 0 Å². The molecular formula is C15H19N3OS2. The van der Waals surface area contributed by atoms with Gasteiger partial charge in [-0.3, -0.25) is 4.79 Å². The Morgan fingerprint density at radius 1 is 1.48 bits per heavy atom. The molecule has 4 nitrogen and oxygen atoms in total. The fourth-order valence-corrected chi connectivity index (χ4v) is 4.52. The van der Waals surface area contributed by atoms with Crippen molar-refractivity contribution in [3.8, 4) is 0 Å². The molecule has 0 aliphatic carbocycles. The van der Waals surface area contributed by atoms with E-state index < -0.39 is 0 Å². The van der Waals surface area contributed by atoms with Gasteiger partial charge in [-0.1, -0.05) is 0 Å². The van der Waals surface area contributed by atoms with E-state index in [1.54, 1.807) is 22.7 Å². The Hall–Kier alpha value is -1.27. The lowest BCUT2D eigenvalue weighted by Crippen LogP contribution is -2.39. The summed E-state index contributed by atoms with van der Waals surface area (Å²) >= 11 is 3.33. The highest BCUT2D eigenvalue weighted by molar-refractivity contribution is 7.11. The number of rotatable bonds is 3. The molecule has 1 atom stereocenters. The van der Waals surface area contributed by atoms with Gasteiger partial charge >= 0.3 is 0 Å². The van der Waals surface area contributed by atoms with Crippen LogP contribution in [0.3, 0.4) is 0 Å². The Balaban J connectivity index is 1.66. The normalized spacial score (nSPS) is 19.0. The molecule has 1 fully saturated rings. The van der Waals surface area contributed by atoms with Crippen molar-refractivity contribution < 1.29 is 4.79 Å². The van der Waals surface area contributed by atoms with E-state index in [9.17, 15) is 4.79 Å². The summed E-state index contributed by atoms with van der Waals surface area (Å²) < 4.78 is 0. The zero-order valence-corrected chi connectivity index (χ0v) is 14.0. The fourth-order valence-electron chi connectivity index (χ4n) is 2.83. The number of thiazole rings is 2. The lowest BCUT2D eigenvalue weighted by Gasteiger charge is -2.31. The van der Waals surface area contributed by atoms with Crippen molar-refractivity contribution in [1.29, 1.82) is 0 Å². The molecule has 0 N–H and O–H groups in total. The van der Waals surface area contributed by atoms with Crippen LogP contribution in [0.25, 0.3) is 0 Å². The highest BCUT2D eigenvalue weighted by Crippen LogP contribution is 2.29. The van der Waals surface area contributed by atoms with Crippen LogP contribution >= 0.6 is 22.7 Å². The van der Waals surface area contributed by atoms with Gasteiger partial charge in [-0.05, 0) is 26.7 Å². The van der Waals surface area contributed by atoms with Crippen LogP contribution in [0.15, 0.2) is 11.6 Å². The molecule has 1 saturated heterocycles. The average Bonchev–Trinajstić information content (AvgIpc) is 3.09. The molecule has 0 bridgehead atoms. The Morgan fingerprint density at radius 3 is 3.00 bits per heavy atom. The summed E-state index contributed by atoms with van der Waals surface area (Å²) in [6.07, 6.45) is 4.54. The summed E-state index contributed by atoms with van der Waals surface area (Å²) in [5.41, 5.74) is 0.999. The van der Waals surface area contributed by atoms with Gasteiger partial charge in [0.05, 0.1) is 22.1 Å². The molecule has 21 heavy (non-hydrogen) atoms. The standard InChI is InChI=1S/C15H19N3OS2/c1-10-13(21-11(2)17-10)8-14(19)18-6-3-4-12(9-18)15-16-5-7-20-15/h5,7,12H,3-4,6,8-9H2,1-2H3/t12-/m1/s1. The number of likely N-dealkylation sites (tertiary alicyclic amines) is 1. The zero-order chi connectivity index (χ0) is 14.8. The third kappa shape index (κ3) is 3.32. The van der Waals surface area contributed by atoms with E-state index in [2.05, 4.69) is 9.97 Å². The Morgan fingerprint density at radius 2 is 2.33 bits per heavy atom. The van der Waals surface area contributed by atoms with Gasteiger partial charge in [-0.15, -0.1) is 22.7 Å². The zero-order valence-electron chi connectivity index (χ0n) is 12.3. The monoisotopic (exact) mass is 321 g/mol. The summed E-state index contributed by atoms with van der Waals surface area (Å²) in [5, 5.41) is 4.21. The number of piperidine rings is 1. The van der Waals surface area contributed by atoms with Crippen LogP contribution in [0.2, 0.25) is 0 Å². The molecule has 0 saturated carbocycles. The van der Waals surface area contributed by atoms with Crippen LogP contribution in [0.4, 0.5) is 0 Å². The minimum absolute atomic E-state index is 0.225. The predicted molar refractivity (Wildman–Crippen MR) is 86.0 cm³/mol. The van der Waals surface area contributed by atoms with Crippen molar-refractivity contribution >= 4 is 28.6 Å². The van der Waals surface area contributed by atoms with Gasteiger partial charge in [0.15, 0.2) is 0 Å². The van der Waals surface area contributed by atoms with Crippen LogP contribution in [0, 0.1) is 13.8 Å². The molecule has 1 aliphatic heterocycles. The molecule has 3 heterocycles. The van der Waals surface area contributed by atoms with Crippen molar-refractivity contribution in [2.45, 2.75) is 39.0 Å². The average molecular weight is 321 g/mol. The lowest BCUT2D eigenvalue weighted by molar-refractivity contribution is -0.131. The molecule has 6 heteroatoms. The van der Waals surface area contributed by atoms with Crippen molar-refractivity contribution in [2.75, 3.05) is 13.1 Å². The van der Waals surface area contributed by atoms with E-state index in [0.29, 0.717) is 12.3 Å². The number of aryl methyl sites for hydroxylation is 2. The summed E-state index contributed by atoms with van der Waals surface area (Å²) in [4.78, 5) is 24.5. The van der Waals surface area contributed by atoms with Gasteiger partial charge in [0.25, 0.3) is 0 Å². The van der Waals surface area contributed by atoms with E-state index >= 15 is 0 Å². The maximum absolute atomic E-state index is 12.5. The highest BCUT2D eigenvalue weighted by atomic mass is 32.1. The number of hydrogen-bond acceptors (Lipinski definition) is 5. The molecular weight excluding hydrogens is 302 g/mol. The molecule has 0 aromatic carbocycles. The molecule has 0 spiro atoms. The molecule has 112 valence electrons. The van der Waals surface area contributed by atoms with Crippen molar-refractivity contribution in [3.63, 3.8) is 0 Å². The number of carbonyl (C=O) groups is 1. The van der Waals surface area contributed by atoms with Gasteiger partial charge in [0.2, 0.25) is 5.91 Å². The van der Waals surface area contributed by atoms with E-state index in [1.807, 2.05) is 30.3 Å². The van der Waals surface area contributed by atoms with E-state index in [1.165, 1.54) is 0 Å². The maximum Gasteiger partial charge on any atom is 0.227 e. The predicted octanol–water partition coefficient (Wildman–Crippen LogP) is 3.17. The number of carbonyl (C=O) groups excluding carboxylic acids is 1. The summed E-state index contributed by atoms with van der Waals surface area (Å²) in [6.45, 7) is 5.66. The summed E-state index contributed by atoms with van der Waals surface area (Å²) in [7, 11) is 0. The second-order valence-electron chi connectivity index (χ2n) is 5.47. The Labute approximate surface area is 132 Å². The summed E-state index contributed by atoms with van der Waals surface area (Å²) in [6, 6.07) is 0. The van der Waals surface area contributed by atoms with Crippen LogP contribution in [0.1, 0.15) is 39.3 Å². The second kappa shape index (κ2) is 6.23. The van der Waals surface area contributed by atoms with Crippen LogP contribution in [-0.2, 0) is 11.2 Å². The van der Waals surface area contributed by atoms with Gasteiger partial charge < -0.3 is 4.90 Å². The Kier molecular flexibility index (Phi) is 4.35. The van der Waals surface area contributed by atoms with Crippen molar-refractivity contribution in [3.05, 3.63) is 32.2 Å². The number of amides is 1. The first-order chi connectivity index (χ1) is 10.1. The van der Waals surface area contributed by atoms with E-state index in [0.717, 1.165) is 46.5 Å². The first-order valence-electron chi connectivity index (χ1n) is 7.23. The molecule has 0 unspecified atom stereocenters.